The third kappa shape index (κ3) is 4.29. The number of benzene rings is 2. The Morgan fingerprint density at radius 3 is 2.43 bits per heavy atom. The molecule has 0 fully saturated rings. The van der Waals surface area contributed by atoms with E-state index in [0.29, 0.717) is 22.3 Å². The third-order valence-electron chi connectivity index (χ3n) is 3.02. The van der Waals surface area contributed by atoms with E-state index in [1.807, 2.05) is 0 Å². The summed E-state index contributed by atoms with van der Waals surface area (Å²) in [5, 5.41) is 2.41. The average Bonchev–Trinajstić information content (AvgIpc) is 2.46. The van der Waals surface area contributed by atoms with Gasteiger partial charge in [0.15, 0.2) is 0 Å². The van der Waals surface area contributed by atoms with Crippen molar-refractivity contribution in [1.82, 2.24) is 0 Å². The van der Waals surface area contributed by atoms with Crippen LogP contribution in [0.4, 0.5) is 23.2 Å². The van der Waals surface area contributed by atoms with Gasteiger partial charge in [0.25, 0.3) is 5.91 Å². The number of amides is 1. The van der Waals surface area contributed by atoms with Crippen molar-refractivity contribution in [3.63, 3.8) is 0 Å². The predicted molar refractivity (Wildman–Crippen MR) is 81.4 cm³/mol. The Balaban J connectivity index is 2.27. The van der Waals surface area contributed by atoms with Gasteiger partial charge in [0.1, 0.15) is 5.82 Å². The first kappa shape index (κ1) is 17.4. The number of anilines is 1. The van der Waals surface area contributed by atoms with E-state index >= 15 is 0 Å². The zero-order valence-corrected chi connectivity index (χ0v) is 13.1. The van der Waals surface area contributed by atoms with Gasteiger partial charge in [-0.2, -0.15) is 13.2 Å². The first-order chi connectivity index (χ1) is 10.7. The Kier molecular flexibility index (Phi) is 5.06. The maximum Gasteiger partial charge on any atom is 0.416 e. The summed E-state index contributed by atoms with van der Waals surface area (Å²) in [6.45, 7) is 0.285. The Bertz CT molecular complexity index is 747. The zero-order valence-electron chi connectivity index (χ0n) is 11.5. The molecular weight excluding hydrogens is 380 g/mol. The van der Waals surface area contributed by atoms with Crippen LogP contribution in [-0.2, 0) is 12.7 Å². The summed E-state index contributed by atoms with van der Waals surface area (Å²) in [5.41, 5.74) is 5.00. The molecule has 0 radical (unpaired) electrons. The highest BCUT2D eigenvalue weighted by Crippen LogP contribution is 2.30. The second-order valence-corrected chi connectivity index (χ2v) is 5.55. The van der Waals surface area contributed by atoms with Gasteiger partial charge >= 0.3 is 6.18 Å². The molecular formula is C15H11BrF4N2O. The Hall–Kier alpha value is -1.93. The fraction of sp³-hybridized carbons (Fsp3) is 0.133. The van der Waals surface area contributed by atoms with E-state index < -0.39 is 29.0 Å². The highest BCUT2D eigenvalue weighted by molar-refractivity contribution is 9.10. The van der Waals surface area contributed by atoms with Crippen molar-refractivity contribution in [2.24, 2.45) is 5.73 Å². The molecule has 3 N–H and O–H groups in total. The van der Waals surface area contributed by atoms with Crippen molar-refractivity contribution < 1.29 is 22.4 Å². The lowest BCUT2D eigenvalue weighted by atomic mass is 10.1. The minimum Gasteiger partial charge on any atom is -0.326 e. The number of carbonyl (C=O) groups is 1. The van der Waals surface area contributed by atoms with Gasteiger partial charge in [-0.1, -0.05) is 22.0 Å². The lowest BCUT2D eigenvalue weighted by molar-refractivity contribution is -0.137. The van der Waals surface area contributed by atoms with Crippen molar-refractivity contribution in [2.75, 3.05) is 5.32 Å². The summed E-state index contributed by atoms with van der Waals surface area (Å²) in [7, 11) is 0. The summed E-state index contributed by atoms with van der Waals surface area (Å²) in [4.78, 5) is 12.0. The molecule has 0 saturated heterocycles. The van der Waals surface area contributed by atoms with E-state index in [-0.39, 0.29) is 6.54 Å². The largest absolute Gasteiger partial charge is 0.416 e. The van der Waals surface area contributed by atoms with E-state index in [1.165, 1.54) is 0 Å². The third-order valence-corrected chi connectivity index (χ3v) is 3.76. The van der Waals surface area contributed by atoms with Gasteiger partial charge in [0.2, 0.25) is 0 Å². The molecule has 0 atom stereocenters. The van der Waals surface area contributed by atoms with Gasteiger partial charge in [0.05, 0.1) is 5.56 Å². The Morgan fingerprint density at radius 1 is 1.17 bits per heavy atom. The molecule has 122 valence electrons. The first-order valence-corrected chi connectivity index (χ1v) is 7.17. The van der Waals surface area contributed by atoms with Gasteiger partial charge in [-0.15, -0.1) is 0 Å². The van der Waals surface area contributed by atoms with Crippen molar-refractivity contribution in [3.05, 3.63) is 63.4 Å². The zero-order chi connectivity index (χ0) is 17.2. The number of alkyl halides is 3. The van der Waals surface area contributed by atoms with Crippen LogP contribution in [-0.4, -0.2) is 5.91 Å². The number of rotatable bonds is 3. The highest BCUT2D eigenvalue weighted by atomic mass is 79.9. The molecule has 2 aromatic rings. The van der Waals surface area contributed by atoms with E-state index in [2.05, 4.69) is 21.2 Å². The van der Waals surface area contributed by atoms with Gasteiger partial charge in [-0.25, -0.2) is 4.39 Å². The summed E-state index contributed by atoms with van der Waals surface area (Å²) in [5.74, 6) is -1.98. The second-order valence-electron chi connectivity index (χ2n) is 4.69. The monoisotopic (exact) mass is 390 g/mol. The smallest absolute Gasteiger partial charge is 0.326 e. The molecule has 2 aromatic carbocycles. The molecule has 0 aromatic heterocycles. The summed E-state index contributed by atoms with van der Waals surface area (Å²) in [6.07, 6.45) is -4.73. The summed E-state index contributed by atoms with van der Waals surface area (Å²) < 4.78 is 51.9. The molecule has 8 heteroatoms. The molecule has 0 bridgehead atoms. The number of hydrogen-bond donors (Lipinski definition) is 2. The Morgan fingerprint density at radius 2 is 1.87 bits per heavy atom. The lowest BCUT2D eigenvalue weighted by Crippen LogP contribution is -2.15. The minimum absolute atomic E-state index is 0.285. The van der Waals surface area contributed by atoms with Crippen LogP contribution < -0.4 is 11.1 Å². The molecule has 23 heavy (non-hydrogen) atoms. The molecule has 0 aliphatic rings. The van der Waals surface area contributed by atoms with Crippen LogP contribution in [0.25, 0.3) is 0 Å². The Labute approximate surface area is 137 Å². The number of nitrogens with two attached hydrogens (primary N) is 1. The summed E-state index contributed by atoms with van der Waals surface area (Å²) in [6, 6.07) is 6.45. The molecule has 0 aliphatic heterocycles. The SMILES string of the molecule is NCc1ccc(NC(=O)c2cc(F)cc(C(F)(F)F)c2)cc1Br. The molecule has 0 aliphatic carbocycles. The number of halogens is 5. The van der Waals surface area contributed by atoms with Crippen LogP contribution >= 0.6 is 15.9 Å². The standard InChI is InChI=1S/C15H11BrF4N2O/c16-13-6-12(2-1-8(13)7-21)22-14(23)9-3-10(15(18,19)20)5-11(17)4-9/h1-6H,7,21H2,(H,22,23). The van der Waals surface area contributed by atoms with Crippen molar-refractivity contribution >= 4 is 27.5 Å². The van der Waals surface area contributed by atoms with Crippen LogP contribution in [0, 0.1) is 5.82 Å². The molecule has 0 spiro atoms. The van der Waals surface area contributed by atoms with Gasteiger partial charge in [-0.05, 0) is 35.9 Å². The number of hydrogen-bond acceptors (Lipinski definition) is 2. The molecule has 0 heterocycles. The summed E-state index contributed by atoms with van der Waals surface area (Å²) >= 11 is 3.26. The maximum atomic E-state index is 13.3. The minimum atomic E-state index is -4.73. The lowest BCUT2D eigenvalue weighted by Gasteiger charge is -2.11. The molecule has 2 rings (SSSR count). The molecule has 0 unspecified atom stereocenters. The fourth-order valence-electron chi connectivity index (χ4n) is 1.88. The fourth-order valence-corrected chi connectivity index (χ4v) is 2.42. The second kappa shape index (κ2) is 6.67. The predicted octanol–water partition coefficient (Wildman–Crippen LogP) is 4.32. The van der Waals surface area contributed by atoms with E-state index in [9.17, 15) is 22.4 Å². The number of nitrogens with one attached hydrogen (secondary N) is 1. The van der Waals surface area contributed by atoms with Crippen LogP contribution in [0.15, 0.2) is 40.9 Å². The van der Waals surface area contributed by atoms with Crippen LogP contribution in [0.5, 0.6) is 0 Å². The maximum absolute atomic E-state index is 13.3. The van der Waals surface area contributed by atoms with Crippen LogP contribution in [0.3, 0.4) is 0 Å². The van der Waals surface area contributed by atoms with Gasteiger partial charge in [0, 0.05) is 22.3 Å². The quantitative estimate of drug-likeness (QED) is 0.766. The number of carbonyl (C=O) groups excluding carboxylic acids is 1. The normalized spacial score (nSPS) is 11.4. The van der Waals surface area contributed by atoms with Crippen LogP contribution in [0.1, 0.15) is 21.5 Å². The highest BCUT2D eigenvalue weighted by Gasteiger charge is 2.32. The first-order valence-electron chi connectivity index (χ1n) is 6.38. The van der Waals surface area contributed by atoms with E-state index in [0.717, 1.165) is 11.6 Å². The van der Waals surface area contributed by atoms with Crippen molar-refractivity contribution in [1.29, 1.82) is 0 Å². The molecule has 1 amide bonds. The van der Waals surface area contributed by atoms with Gasteiger partial charge in [-0.3, -0.25) is 4.79 Å². The van der Waals surface area contributed by atoms with Crippen molar-refractivity contribution in [2.45, 2.75) is 12.7 Å². The van der Waals surface area contributed by atoms with Gasteiger partial charge < -0.3 is 11.1 Å². The molecule has 0 saturated carbocycles. The van der Waals surface area contributed by atoms with E-state index in [4.69, 9.17) is 5.73 Å². The average molecular weight is 391 g/mol. The van der Waals surface area contributed by atoms with Crippen molar-refractivity contribution in [3.8, 4) is 0 Å². The molecule has 3 nitrogen and oxygen atoms in total. The van der Waals surface area contributed by atoms with Crippen LogP contribution in [0.2, 0.25) is 0 Å². The van der Waals surface area contributed by atoms with E-state index in [1.54, 1.807) is 18.2 Å². The topological polar surface area (TPSA) is 55.1 Å².